The van der Waals surface area contributed by atoms with Gasteiger partial charge in [-0.2, -0.15) is 0 Å². The van der Waals surface area contributed by atoms with Crippen molar-refractivity contribution in [2.45, 2.75) is 0 Å². The number of halogens is 1. The molecule has 0 saturated heterocycles. The summed E-state index contributed by atoms with van der Waals surface area (Å²) in [5.41, 5.74) is 0. The zero-order chi connectivity index (χ0) is 10.8. The van der Waals surface area contributed by atoms with Crippen molar-refractivity contribution in [3.8, 4) is 5.82 Å². The first-order valence-electron chi connectivity index (χ1n) is 4.07. The summed E-state index contributed by atoms with van der Waals surface area (Å²) in [5.74, 6) is -0.883. The van der Waals surface area contributed by atoms with E-state index in [1.807, 2.05) is 0 Å². The van der Waals surface area contributed by atoms with E-state index in [0.29, 0.717) is 10.8 Å². The summed E-state index contributed by atoms with van der Waals surface area (Å²) >= 11 is 5.89. The number of carbonyl (C=O) groups is 1. The maximum atomic E-state index is 10.8. The van der Waals surface area contributed by atoms with Crippen LogP contribution >= 0.6 is 11.6 Å². The third-order valence-corrected chi connectivity index (χ3v) is 2.09. The summed E-state index contributed by atoms with van der Waals surface area (Å²) in [6.45, 7) is 0. The lowest BCUT2D eigenvalue weighted by Gasteiger charge is -2.04. The number of hydrogen-bond donors (Lipinski definition) is 1. The van der Waals surface area contributed by atoms with Crippen LogP contribution in [0.3, 0.4) is 0 Å². The van der Waals surface area contributed by atoms with Gasteiger partial charge in [-0.1, -0.05) is 11.6 Å². The summed E-state index contributed by atoms with van der Waals surface area (Å²) in [5, 5.41) is 9.23. The van der Waals surface area contributed by atoms with Gasteiger partial charge in [-0.3, -0.25) is 4.57 Å². The van der Waals surface area contributed by atoms with Crippen molar-refractivity contribution in [1.29, 1.82) is 0 Å². The van der Waals surface area contributed by atoms with Crippen molar-refractivity contribution in [1.82, 2.24) is 14.5 Å². The van der Waals surface area contributed by atoms with Crippen LogP contribution in [0.4, 0.5) is 0 Å². The zero-order valence-corrected chi connectivity index (χ0v) is 8.22. The van der Waals surface area contributed by atoms with E-state index in [4.69, 9.17) is 16.7 Å². The predicted molar refractivity (Wildman–Crippen MR) is 53.3 cm³/mol. The Kier molecular flexibility index (Phi) is 2.39. The van der Waals surface area contributed by atoms with E-state index in [2.05, 4.69) is 9.97 Å². The molecular weight excluding hydrogens is 218 g/mol. The van der Waals surface area contributed by atoms with Crippen LogP contribution in [0.25, 0.3) is 5.82 Å². The highest BCUT2D eigenvalue weighted by molar-refractivity contribution is 6.32. The van der Waals surface area contributed by atoms with Gasteiger partial charge >= 0.3 is 5.97 Å². The normalized spacial score (nSPS) is 10.2. The molecule has 2 rings (SSSR count). The van der Waals surface area contributed by atoms with Crippen LogP contribution in [0.2, 0.25) is 5.02 Å². The molecule has 0 saturated carbocycles. The molecule has 0 radical (unpaired) electrons. The van der Waals surface area contributed by atoms with E-state index >= 15 is 0 Å². The van der Waals surface area contributed by atoms with E-state index in [0.717, 1.165) is 0 Å². The SMILES string of the molecule is O=C(O)c1nccn1-c1ncccc1Cl. The molecule has 6 heteroatoms. The Morgan fingerprint density at radius 2 is 2.20 bits per heavy atom. The Morgan fingerprint density at radius 3 is 2.87 bits per heavy atom. The van der Waals surface area contributed by atoms with Crippen molar-refractivity contribution < 1.29 is 9.90 Å². The third-order valence-electron chi connectivity index (χ3n) is 1.80. The number of carboxylic acid groups (broad SMARTS) is 1. The van der Waals surface area contributed by atoms with Gasteiger partial charge in [0, 0.05) is 18.6 Å². The second-order valence-electron chi connectivity index (χ2n) is 2.73. The fraction of sp³-hybridized carbons (Fsp3) is 0. The van der Waals surface area contributed by atoms with Gasteiger partial charge in [-0.15, -0.1) is 0 Å². The van der Waals surface area contributed by atoms with Crippen molar-refractivity contribution in [2.75, 3.05) is 0 Å². The highest BCUT2D eigenvalue weighted by Crippen LogP contribution is 2.18. The van der Waals surface area contributed by atoms with E-state index in [-0.39, 0.29) is 5.82 Å². The molecule has 0 amide bonds. The fourth-order valence-corrected chi connectivity index (χ4v) is 1.40. The molecule has 2 aromatic rings. The van der Waals surface area contributed by atoms with Crippen LogP contribution in [0, 0.1) is 0 Å². The van der Waals surface area contributed by atoms with Crippen molar-refractivity contribution >= 4 is 17.6 Å². The summed E-state index contributed by atoms with van der Waals surface area (Å²) in [4.78, 5) is 18.5. The summed E-state index contributed by atoms with van der Waals surface area (Å²) in [7, 11) is 0. The molecule has 0 aliphatic carbocycles. The molecule has 0 atom stereocenters. The monoisotopic (exact) mass is 223 g/mol. The zero-order valence-electron chi connectivity index (χ0n) is 7.46. The molecule has 1 N–H and O–H groups in total. The van der Waals surface area contributed by atoms with E-state index in [1.54, 1.807) is 12.1 Å². The number of nitrogens with zero attached hydrogens (tertiary/aromatic N) is 3. The first-order chi connectivity index (χ1) is 7.20. The van der Waals surface area contributed by atoms with E-state index in [1.165, 1.54) is 23.2 Å². The number of aromatic nitrogens is 3. The molecule has 15 heavy (non-hydrogen) atoms. The van der Waals surface area contributed by atoms with Crippen molar-refractivity contribution in [3.63, 3.8) is 0 Å². The Labute approximate surface area is 90.0 Å². The maximum Gasteiger partial charge on any atom is 0.372 e. The van der Waals surface area contributed by atoms with Crippen LogP contribution in [-0.4, -0.2) is 25.6 Å². The largest absolute Gasteiger partial charge is 0.475 e. The Bertz CT molecular complexity index is 510. The average molecular weight is 224 g/mol. The first-order valence-corrected chi connectivity index (χ1v) is 4.45. The highest BCUT2D eigenvalue weighted by atomic mass is 35.5. The van der Waals surface area contributed by atoms with E-state index in [9.17, 15) is 4.79 Å². The van der Waals surface area contributed by atoms with Crippen LogP contribution in [0.15, 0.2) is 30.7 Å². The Balaban J connectivity index is 2.59. The smallest absolute Gasteiger partial charge is 0.372 e. The lowest BCUT2D eigenvalue weighted by molar-refractivity contribution is 0.0681. The number of pyridine rings is 1. The maximum absolute atomic E-state index is 10.8. The lowest BCUT2D eigenvalue weighted by atomic mass is 10.4. The molecule has 0 fully saturated rings. The molecule has 0 unspecified atom stereocenters. The van der Waals surface area contributed by atoms with Gasteiger partial charge in [0.1, 0.15) is 0 Å². The summed E-state index contributed by atoms with van der Waals surface area (Å²) < 4.78 is 1.32. The molecule has 0 spiro atoms. The minimum Gasteiger partial charge on any atom is -0.475 e. The van der Waals surface area contributed by atoms with Crippen molar-refractivity contribution in [2.24, 2.45) is 0 Å². The molecule has 0 aliphatic rings. The third kappa shape index (κ3) is 1.69. The Hall–Kier alpha value is -1.88. The summed E-state index contributed by atoms with van der Waals surface area (Å²) in [6.07, 6.45) is 4.42. The number of rotatable bonds is 2. The standard InChI is InChI=1S/C9H6ClN3O2/c10-6-2-1-3-11-7(6)13-5-4-12-8(13)9(14)15/h1-5H,(H,14,15). The molecule has 0 bridgehead atoms. The predicted octanol–water partition coefficient (Wildman–Crippen LogP) is 1.62. The molecule has 2 aromatic heterocycles. The lowest BCUT2D eigenvalue weighted by Crippen LogP contribution is -2.08. The van der Waals surface area contributed by atoms with Gasteiger partial charge in [0.15, 0.2) is 5.82 Å². The second kappa shape index (κ2) is 3.70. The van der Waals surface area contributed by atoms with Gasteiger partial charge in [-0.05, 0) is 12.1 Å². The quantitative estimate of drug-likeness (QED) is 0.840. The van der Waals surface area contributed by atoms with Gasteiger partial charge < -0.3 is 5.11 Å². The highest BCUT2D eigenvalue weighted by Gasteiger charge is 2.14. The minimum atomic E-state index is -1.12. The van der Waals surface area contributed by atoms with Crippen molar-refractivity contribution in [3.05, 3.63) is 41.6 Å². The second-order valence-corrected chi connectivity index (χ2v) is 3.14. The van der Waals surface area contributed by atoms with E-state index < -0.39 is 5.97 Å². The Morgan fingerprint density at radius 1 is 1.40 bits per heavy atom. The summed E-state index contributed by atoms with van der Waals surface area (Å²) in [6, 6.07) is 3.30. The molecule has 2 heterocycles. The molecule has 5 nitrogen and oxygen atoms in total. The number of carboxylic acids is 1. The van der Waals surface area contributed by atoms with Crippen LogP contribution in [0.5, 0.6) is 0 Å². The topological polar surface area (TPSA) is 68.0 Å². The van der Waals surface area contributed by atoms with Crippen LogP contribution in [-0.2, 0) is 0 Å². The molecule has 76 valence electrons. The number of aromatic carboxylic acids is 1. The van der Waals surface area contributed by atoms with Gasteiger partial charge in [0.05, 0.1) is 5.02 Å². The first kappa shape index (κ1) is 9.67. The molecular formula is C9H6ClN3O2. The average Bonchev–Trinajstić information content (AvgIpc) is 2.67. The molecule has 0 aliphatic heterocycles. The molecule has 0 aromatic carbocycles. The van der Waals surface area contributed by atoms with Gasteiger partial charge in [0.2, 0.25) is 5.82 Å². The van der Waals surface area contributed by atoms with Gasteiger partial charge in [0.25, 0.3) is 0 Å². The van der Waals surface area contributed by atoms with Crippen LogP contribution < -0.4 is 0 Å². The van der Waals surface area contributed by atoms with Crippen LogP contribution in [0.1, 0.15) is 10.6 Å². The number of imidazole rings is 1. The fourth-order valence-electron chi connectivity index (χ4n) is 1.19. The number of hydrogen-bond acceptors (Lipinski definition) is 3. The van der Waals surface area contributed by atoms with Gasteiger partial charge in [-0.25, -0.2) is 14.8 Å². The minimum absolute atomic E-state index is 0.115.